The molecule has 0 unspecified atom stereocenters. The molecule has 0 saturated heterocycles. The Labute approximate surface area is 155 Å². The van der Waals surface area contributed by atoms with Crippen molar-refractivity contribution in [2.24, 2.45) is 11.8 Å². The van der Waals surface area contributed by atoms with Gasteiger partial charge in [-0.1, -0.05) is 42.5 Å². The fourth-order valence-electron chi connectivity index (χ4n) is 4.73. The number of hydrogen-bond donors (Lipinski definition) is 1. The monoisotopic (exact) mass is 349 g/mol. The number of ether oxygens (including phenoxy) is 1. The maximum atomic E-state index is 12.6. The van der Waals surface area contributed by atoms with Gasteiger partial charge in [-0.25, -0.2) is 4.79 Å². The lowest BCUT2D eigenvalue weighted by atomic mass is 9.69. The number of carbonyl (C=O) groups excluding carboxylic acids is 1. The lowest BCUT2D eigenvalue weighted by Crippen LogP contribution is -2.37. The third-order valence-corrected chi connectivity index (χ3v) is 5.99. The maximum absolute atomic E-state index is 12.6. The highest BCUT2D eigenvalue weighted by atomic mass is 16.5. The van der Waals surface area contributed by atoms with Gasteiger partial charge in [0.15, 0.2) is 0 Å². The van der Waals surface area contributed by atoms with E-state index in [4.69, 9.17) is 4.74 Å². The van der Waals surface area contributed by atoms with Crippen molar-refractivity contribution in [1.29, 1.82) is 0 Å². The molecule has 1 fully saturated rings. The molecule has 0 spiro atoms. The largest absolute Gasteiger partial charge is 0.463 e. The minimum Gasteiger partial charge on any atom is -0.463 e. The van der Waals surface area contributed by atoms with E-state index >= 15 is 0 Å². The SMILES string of the molecule is CCOC(=O)C1=C(N[C@@H](C)c2cccc3ccccc23)C2CCC1CC2. The quantitative estimate of drug-likeness (QED) is 0.761. The zero-order valence-corrected chi connectivity index (χ0v) is 15.6. The summed E-state index contributed by atoms with van der Waals surface area (Å²) in [6.07, 6.45) is 4.59. The van der Waals surface area contributed by atoms with Crippen LogP contribution in [0.5, 0.6) is 0 Å². The first kappa shape index (κ1) is 17.1. The van der Waals surface area contributed by atoms with E-state index in [1.165, 1.54) is 29.2 Å². The molecule has 2 aromatic rings. The van der Waals surface area contributed by atoms with E-state index in [-0.39, 0.29) is 12.0 Å². The first-order chi connectivity index (χ1) is 12.7. The second-order valence-electron chi connectivity index (χ2n) is 7.53. The summed E-state index contributed by atoms with van der Waals surface area (Å²) in [4.78, 5) is 12.6. The normalized spacial score (nSPS) is 23.2. The Morgan fingerprint density at radius 3 is 2.54 bits per heavy atom. The number of carbonyl (C=O) groups is 1. The van der Waals surface area contributed by atoms with Gasteiger partial charge in [0.25, 0.3) is 0 Å². The van der Waals surface area contributed by atoms with Crippen LogP contribution in [-0.4, -0.2) is 12.6 Å². The Bertz CT molecular complexity index is 841. The van der Waals surface area contributed by atoms with Crippen LogP contribution in [0.1, 0.15) is 51.1 Å². The van der Waals surface area contributed by atoms with Crippen molar-refractivity contribution in [1.82, 2.24) is 5.32 Å². The van der Waals surface area contributed by atoms with E-state index in [1.807, 2.05) is 6.92 Å². The summed E-state index contributed by atoms with van der Waals surface area (Å²) >= 11 is 0. The average molecular weight is 349 g/mol. The van der Waals surface area contributed by atoms with Crippen LogP contribution in [0, 0.1) is 11.8 Å². The number of esters is 1. The lowest BCUT2D eigenvalue weighted by Gasteiger charge is -2.40. The fraction of sp³-hybridized carbons (Fsp3) is 0.435. The zero-order valence-electron chi connectivity index (χ0n) is 15.6. The van der Waals surface area contributed by atoms with E-state index in [0.717, 1.165) is 24.1 Å². The molecule has 3 aliphatic rings. The van der Waals surface area contributed by atoms with Crippen molar-refractivity contribution in [3.05, 3.63) is 59.3 Å². The first-order valence-electron chi connectivity index (χ1n) is 9.84. The summed E-state index contributed by atoms with van der Waals surface area (Å²) in [5, 5.41) is 6.25. The van der Waals surface area contributed by atoms with Gasteiger partial charge in [0.05, 0.1) is 12.2 Å². The lowest BCUT2D eigenvalue weighted by molar-refractivity contribution is -0.139. The van der Waals surface area contributed by atoms with Crippen molar-refractivity contribution >= 4 is 16.7 Å². The molecular weight excluding hydrogens is 322 g/mol. The molecule has 3 aliphatic carbocycles. The molecule has 1 saturated carbocycles. The average Bonchev–Trinajstić information content (AvgIpc) is 2.68. The molecule has 1 N–H and O–H groups in total. The highest BCUT2D eigenvalue weighted by Crippen LogP contribution is 2.45. The number of allylic oxidation sites excluding steroid dienone is 1. The van der Waals surface area contributed by atoms with Crippen LogP contribution in [0.4, 0.5) is 0 Å². The van der Waals surface area contributed by atoms with E-state index in [1.54, 1.807) is 0 Å². The van der Waals surface area contributed by atoms with Crippen LogP contribution in [0.3, 0.4) is 0 Å². The highest BCUT2D eigenvalue weighted by molar-refractivity contribution is 5.90. The first-order valence-corrected chi connectivity index (χ1v) is 9.84. The Balaban J connectivity index is 1.69. The molecule has 1 atom stereocenters. The molecule has 2 aromatic carbocycles. The van der Waals surface area contributed by atoms with Crippen molar-refractivity contribution in [2.75, 3.05) is 6.61 Å². The number of hydrogen-bond acceptors (Lipinski definition) is 3. The predicted octanol–water partition coefficient (Wildman–Crippen LogP) is 5.13. The second-order valence-corrected chi connectivity index (χ2v) is 7.53. The molecule has 136 valence electrons. The van der Waals surface area contributed by atoms with Crippen molar-refractivity contribution < 1.29 is 9.53 Å². The van der Waals surface area contributed by atoms with Crippen LogP contribution < -0.4 is 5.32 Å². The van der Waals surface area contributed by atoms with E-state index in [9.17, 15) is 4.79 Å². The van der Waals surface area contributed by atoms with Gasteiger partial charge in [-0.3, -0.25) is 0 Å². The number of rotatable bonds is 5. The molecular formula is C23H27NO2. The molecule has 0 amide bonds. The van der Waals surface area contributed by atoms with Gasteiger partial charge in [-0.15, -0.1) is 0 Å². The minimum absolute atomic E-state index is 0.116. The van der Waals surface area contributed by atoms with E-state index in [2.05, 4.69) is 54.7 Å². The zero-order chi connectivity index (χ0) is 18.1. The molecule has 0 radical (unpaired) electrons. The number of fused-ring (bicyclic) bond motifs is 3. The number of benzene rings is 2. The van der Waals surface area contributed by atoms with Gasteiger partial charge in [-0.2, -0.15) is 0 Å². The smallest absolute Gasteiger partial charge is 0.336 e. The van der Waals surface area contributed by atoms with Crippen molar-refractivity contribution in [3.8, 4) is 0 Å². The predicted molar refractivity (Wildman–Crippen MR) is 105 cm³/mol. The summed E-state index contributed by atoms with van der Waals surface area (Å²) < 4.78 is 5.38. The van der Waals surface area contributed by atoms with Crippen LogP contribution >= 0.6 is 0 Å². The Kier molecular flexibility index (Phi) is 4.71. The van der Waals surface area contributed by atoms with Crippen LogP contribution in [-0.2, 0) is 9.53 Å². The van der Waals surface area contributed by atoms with Crippen LogP contribution in [0.15, 0.2) is 53.7 Å². The van der Waals surface area contributed by atoms with Gasteiger partial charge in [0, 0.05) is 11.7 Å². The standard InChI is InChI=1S/C23H27NO2/c1-3-26-23(25)21-17-11-13-18(14-12-17)22(21)24-15(2)19-10-6-8-16-7-4-5-9-20(16)19/h4-10,15,17-18,24H,3,11-14H2,1-2H3/t15-,17?,18?/m0/s1. The summed E-state index contributed by atoms with van der Waals surface area (Å²) in [5.41, 5.74) is 3.34. The Morgan fingerprint density at radius 2 is 1.77 bits per heavy atom. The van der Waals surface area contributed by atoms with Crippen molar-refractivity contribution in [3.63, 3.8) is 0 Å². The van der Waals surface area contributed by atoms with Gasteiger partial charge < -0.3 is 10.1 Å². The molecule has 0 heterocycles. The topological polar surface area (TPSA) is 38.3 Å². The fourth-order valence-corrected chi connectivity index (χ4v) is 4.73. The summed E-state index contributed by atoms with van der Waals surface area (Å²) in [6, 6.07) is 15.1. The van der Waals surface area contributed by atoms with Gasteiger partial charge in [-0.05, 0) is 67.7 Å². The molecule has 2 bridgehead atoms. The molecule has 3 nitrogen and oxygen atoms in total. The van der Waals surface area contributed by atoms with Crippen LogP contribution in [0.2, 0.25) is 0 Å². The maximum Gasteiger partial charge on any atom is 0.336 e. The number of nitrogens with one attached hydrogen (secondary N) is 1. The summed E-state index contributed by atoms with van der Waals surface area (Å²) in [7, 11) is 0. The Hall–Kier alpha value is -2.29. The third kappa shape index (κ3) is 3.00. The van der Waals surface area contributed by atoms with E-state index < -0.39 is 0 Å². The second kappa shape index (κ2) is 7.14. The molecule has 5 rings (SSSR count). The Morgan fingerprint density at radius 1 is 1.08 bits per heavy atom. The van der Waals surface area contributed by atoms with Crippen molar-refractivity contribution in [2.45, 2.75) is 45.6 Å². The highest BCUT2D eigenvalue weighted by Gasteiger charge is 2.39. The van der Waals surface area contributed by atoms with Crippen LogP contribution in [0.25, 0.3) is 10.8 Å². The molecule has 0 aromatic heterocycles. The minimum atomic E-state index is -0.116. The molecule has 3 heteroatoms. The summed E-state index contributed by atoms with van der Waals surface area (Å²) in [5.74, 6) is 0.715. The van der Waals surface area contributed by atoms with Gasteiger partial charge in [0.1, 0.15) is 0 Å². The third-order valence-electron chi connectivity index (χ3n) is 5.99. The summed E-state index contributed by atoms with van der Waals surface area (Å²) in [6.45, 7) is 4.51. The molecule has 0 aliphatic heterocycles. The molecule has 26 heavy (non-hydrogen) atoms. The van der Waals surface area contributed by atoms with Gasteiger partial charge >= 0.3 is 5.97 Å². The van der Waals surface area contributed by atoms with Gasteiger partial charge in [0.2, 0.25) is 0 Å². The van der Waals surface area contributed by atoms with E-state index in [0.29, 0.717) is 18.4 Å².